The van der Waals surface area contributed by atoms with Crippen molar-refractivity contribution in [1.29, 1.82) is 0 Å². The Bertz CT molecular complexity index is 369. The molecule has 0 aromatic heterocycles. The maximum atomic E-state index is 10.9. The molecule has 72 valence electrons. The molecule has 0 radical (unpaired) electrons. The van der Waals surface area contributed by atoms with E-state index in [0.717, 1.165) is 0 Å². The number of carbonyl (C=O) groups is 1. The van der Waals surface area contributed by atoms with Gasteiger partial charge >= 0.3 is 0 Å². The second-order valence-electron chi connectivity index (χ2n) is 3.15. The van der Waals surface area contributed by atoms with Crippen LogP contribution in [0.1, 0.15) is 5.56 Å². The predicted octanol–water partition coefficient (Wildman–Crippen LogP) is 0.987. The fraction of sp³-hybridized carbons (Fsp3) is 0.182. The third-order valence-corrected chi connectivity index (χ3v) is 2.12. The van der Waals surface area contributed by atoms with Crippen molar-refractivity contribution in [1.82, 2.24) is 0 Å². The van der Waals surface area contributed by atoms with Crippen molar-refractivity contribution >= 4 is 5.78 Å². The van der Waals surface area contributed by atoms with Gasteiger partial charge in [0.25, 0.3) is 0 Å². The maximum Gasteiger partial charge on any atom is 0.213 e. The smallest absolute Gasteiger partial charge is 0.213 e. The fourth-order valence-corrected chi connectivity index (χ4v) is 1.34. The summed E-state index contributed by atoms with van der Waals surface area (Å²) in [5.74, 6) is -1.58. The molecular weight excluding hydrogens is 180 g/mol. The van der Waals surface area contributed by atoms with E-state index in [9.17, 15) is 9.90 Å². The highest BCUT2D eigenvalue weighted by atomic mass is 16.6. The number of carbonyl (C=O) groups excluding carboxylic acids is 1. The van der Waals surface area contributed by atoms with Gasteiger partial charge in [0.15, 0.2) is 5.78 Å². The first-order valence-corrected chi connectivity index (χ1v) is 4.35. The number of hydrogen-bond donors (Lipinski definition) is 1. The van der Waals surface area contributed by atoms with Crippen LogP contribution in [0.2, 0.25) is 0 Å². The second-order valence-corrected chi connectivity index (χ2v) is 3.15. The van der Waals surface area contributed by atoms with Crippen LogP contribution in [0.4, 0.5) is 0 Å². The van der Waals surface area contributed by atoms with E-state index in [4.69, 9.17) is 4.74 Å². The van der Waals surface area contributed by atoms with Crippen LogP contribution in [0.25, 0.3) is 0 Å². The summed E-state index contributed by atoms with van der Waals surface area (Å²) in [6.07, 6.45) is 2.71. The Kier molecular flexibility index (Phi) is 2.19. The van der Waals surface area contributed by atoms with Crippen molar-refractivity contribution in [3.05, 3.63) is 48.0 Å². The van der Waals surface area contributed by atoms with Crippen molar-refractivity contribution in [2.45, 2.75) is 5.79 Å². The number of rotatable bonds is 1. The highest BCUT2D eigenvalue weighted by molar-refractivity contribution is 5.91. The van der Waals surface area contributed by atoms with E-state index in [2.05, 4.69) is 0 Å². The fourth-order valence-electron chi connectivity index (χ4n) is 1.34. The van der Waals surface area contributed by atoms with Gasteiger partial charge in [-0.25, -0.2) is 0 Å². The Balaban J connectivity index is 2.34. The van der Waals surface area contributed by atoms with Gasteiger partial charge in [0.05, 0.1) is 0 Å². The maximum absolute atomic E-state index is 10.9. The highest BCUT2D eigenvalue weighted by Gasteiger charge is 2.30. The van der Waals surface area contributed by atoms with E-state index >= 15 is 0 Å². The lowest BCUT2D eigenvalue weighted by molar-refractivity contribution is -0.183. The lowest BCUT2D eigenvalue weighted by Gasteiger charge is -2.27. The number of ketones is 1. The number of hydrogen-bond acceptors (Lipinski definition) is 3. The average molecular weight is 190 g/mol. The third-order valence-electron chi connectivity index (χ3n) is 2.12. The van der Waals surface area contributed by atoms with Gasteiger partial charge in [0.2, 0.25) is 5.79 Å². The topological polar surface area (TPSA) is 46.5 Å². The summed E-state index contributed by atoms with van der Waals surface area (Å²) in [5.41, 5.74) is 0.628. The van der Waals surface area contributed by atoms with Gasteiger partial charge in [0.1, 0.15) is 6.61 Å². The quantitative estimate of drug-likeness (QED) is 0.718. The monoisotopic (exact) mass is 190 g/mol. The Labute approximate surface area is 81.6 Å². The second kappa shape index (κ2) is 3.36. The summed E-state index contributed by atoms with van der Waals surface area (Å²) in [7, 11) is 0. The average Bonchev–Trinajstić information content (AvgIpc) is 2.24. The Hall–Kier alpha value is -1.45. The minimum absolute atomic E-state index is 0.0815. The lowest BCUT2D eigenvalue weighted by atomic mass is 10.0. The molecule has 1 aliphatic rings. The van der Waals surface area contributed by atoms with Crippen LogP contribution in [-0.2, 0) is 15.3 Å². The summed E-state index contributed by atoms with van der Waals surface area (Å²) in [6.45, 7) is -0.0815. The van der Waals surface area contributed by atoms with Crippen LogP contribution in [0.3, 0.4) is 0 Å². The molecule has 0 amide bonds. The summed E-state index contributed by atoms with van der Waals surface area (Å²) < 4.78 is 5.08. The summed E-state index contributed by atoms with van der Waals surface area (Å²) >= 11 is 0. The van der Waals surface area contributed by atoms with Gasteiger partial charge in [-0.2, -0.15) is 0 Å². The number of aliphatic hydroxyl groups is 1. The summed E-state index contributed by atoms with van der Waals surface area (Å²) in [4.78, 5) is 10.9. The molecule has 0 spiro atoms. The first-order valence-electron chi connectivity index (χ1n) is 4.35. The molecule has 1 unspecified atom stereocenters. The molecule has 0 saturated carbocycles. The molecule has 0 aliphatic carbocycles. The van der Waals surface area contributed by atoms with E-state index in [1.54, 1.807) is 24.3 Å². The standard InChI is InChI=1S/C11H10O3/c12-10-6-7-11(13,14-8-10)9-4-2-1-3-5-9/h1-7,13H,8H2. The van der Waals surface area contributed by atoms with Gasteiger partial charge in [-0.3, -0.25) is 4.79 Å². The third kappa shape index (κ3) is 1.60. The van der Waals surface area contributed by atoms with Crippen molar-refractivity contribution in [3.63, 3.8) is 0 Å². The first kappa shape index (κ1) is 9.12. The Morgan fingerprint density at radius 2 is 2.00 bits per heavy atom. The Morgan fingerprint density at radius 1 is 1.29 bits per heavy atom. The molecule has 2 rings (SSSR count). The van der Waals surface area contributed by atoms with Gasteiger partial charge < -0.3 is 9.84 Å². The van der Waals surface area contributed by atoms with Crippen LogP contribution in [0, 0.1) is 0 Å². The van der Waals surface area contributed by atoms with Crippen molar-refractivity contribution in [2.75, 3.05) is 6.61 Å². The molecule has 0 bridgehead atoms. The zero-order valence-electron chi connectivity index (χ0n) is 7.51. The number of ether oxygens (including phenoxy) is 1. The highest BCUT2D eigenvalue weighted by Crippen LogP contribution is 2.26. The van der Waals surface area contributed by atoms with E-state index in [1.807, 2.05) is 6.07 Å². The molecule has 0 saturated heterocycles. The molecule has 1 N–H and O–H groups in total. The summed E-state index contributed by atoms with van der Waals surface area (Å²) in [5, 5.41) is 10.00. The molecule has 1 heterocycles. The summed E-state index contributed by atoms with van der Waals surface area (Å²) in [6, 6.07) is 8.96. The van der Waals surface area contributed by atoms with Gasteiger partial charge in [-0.15, -0.1) is 0 Å². The minimum Gasteiger partial charge on any atom is -0.359 e. The van der Waals surface area contributed by atoms with Crippen LogP contribution < -0.4 is 0 Å². The molecule has 1 aliphatic heterocycles. The molecule has 3 nitrogen and oxygen atoms in total. The zero-order valence-corrected chi connectivity index (χ0v) is 7.51. The SMILES string of the molecule is O=C1C=CC(O)(c2ccccc2)OC1. The largest absolute Gasteiger partial charge is 0.359 e. The molecule has 1 atom stereocenters. The van der Waals surface area contributed by atoms with Gasteiger partial charge in [-0.1, -0.05) is 30.3 Å². The molecule has 1 aromatic rings. The van der Waals surface area contributed by atoms with E-state index in [-0.39, 0.29) is 12.4 Å². The molecule has 3 heteroatoms. The van der Waals surface area contributed by atoms with Crippen molar-refractivity contribution < 1.29 is 14.6 Å². The van der Waals surface area contributed by atoms with Crippen LogP contribution in [0.5, 0.6) is 0 Å². The molecular formula is C11H10O3. The minimum atomic E-state index is -1.45. The van der Waals surface area contributed by atoms with Crippen molar-refractivity contribution in [2.24, 2.45) is 0 Å². The Morgan fingerprint density at radius 3 is 2.57 bits per heavy atom. The molecule has 1 aromatic carbocycles. The van der Waals surface area contributed by atoms with Gasteiger partial charge in [0, 0.05) is 5.56 Å². The lowest BCUT2D eigenvalue weighted by Crippen LogP contribution is -2.32. The normalized spacial score (nSPS) is 26.5. The van der Waals surface area contributed by atoms with E-state index in [1.165, 1.54) is 12.2 Å². The molecule has 0 fully saturated rings. The zero-order chi connectivity index (χ0) is 10.0. The van der Waals surface area contributed by atoms with E-state index < -0.39 is 5.79 Å². The van der Waals surface area contributed by atoms with Gasteiger partial charge in [-0.05, 0) is 12.2 Å². The predicted molar refractivity (Wildman–Crippen MR) is 50.4 cm³/mol. The number of benzene rings is 1. The van der Waals surface area contributed by atoms with Crippen molar-refractivity contribution in [3.8, 4) is 0 Å². The van der Waals surface area contributed by atoms with Crippen LogP contribution >= 0.6 is 0 Å². The van der Waals surface area contributed by atoms with Crippen LogP contribution in [-0.4, -0.2) is 17.5 Å². The van der Waals surface area contributed by atoms with E-state index in [0.29, 0.717) is 5.56 Å². The first-order chi connectivity index (χ1) is 6.71. The molecule has 14 heavy (non-hydrogen) atoms. The van der Waals surface area contributed by atoms with Crippen LogP contribution in [0.15, 0.2) is 42.5 Å².